The molecule has 0 unspecified atom stereocenters. The predicted molar refractivity (Wildman–Crippen MR) is 89.2 cm³/mol. The molecule has 2 aliphatic rings. The van der Waals surface area contributed by atoms with Gasteiger partial charge in [-0.1, -0.05) is 23.7 Å². The van der Waals surface area contributed by atoms with E-state index >= 15 is 0 Å². The summed E-state index contributed by atoms with van der Waals surface area (Å²) in [4.78, 5) is 28.4. The van der Waals surface area contributed by atoms with Crippen molar-refractivity contribution < 1.29 is 9.59 Å². The largest absolute Gasteiger partial charge is 0.332 e. The number of anilines is 1. The van der Waals surface area contributed by atoms with Gasteiger partial charge >= 0.3 is 0 Å². The smallest absolute Gasteiger partial charge is 0.249 e. The fraction of sp³-hybridized carbons (Fsp3) is 0.467. The van der Waals surface area contributed by atoms with E-state index in [4.69, 9.17) is 11.6 Å². The first-order chi connectivity index (χ1) is 10.6. The van der Waals surface area contributed by atoms with Gasteiger partial charge in [0.2, 0.25) is 11.8 Å². The van der Waals surface area contributed by atoms with Crippen LogP contribution in [0.25, 0.3) is 0 Å². The second-order valence-corrected chi connectivity index (χ2v) is 6.90. The number of carbonyl (C=O) groups excluding carboxylic acids is 2. The number of hydrogen-bond acceptors (Lipinski definition) is 4. The number of benzene rings is 1. The zero-order chi connectivity index (χ0) is 15.7. The molecule has 22 heavy (non-hydrogen) atoms. The minimum Gasteiger partial charge on any atom is -0.332 e. The average Bonchev–Trinajstić information content (AvgIpc) is 3.16. The summed E-state index contributed by atoms with van der Waals surface area (Å²) < 4.78 is 0. The molecule has 118 valence electrons. The van der Waals surface area contributed by atoms with Crippen molar-refractivity contribution in [3.8, 4) is 0 Å². The van der Waals surface area contributed by atoms with Gasteiger partial charge in [0.15, 0.2) is 0 Å². The molecule has 0 bridgehead atoms. The summed E-state index contributed by atoms with van der Waals surface area (Å²) in [6.45, 7) is 0.581. The van der Waals surface area contributed by atoms with Gasteiger partial charge in [-0.15, -0.1) is 11.8 Å². The number of para-hydroxylation sites is 1. The van der Waals surface area contributed by atoms with Gasteiger partial charge in [-0.3, -0.25) is 14.9 Å². The van der Waals surface area contributed by atoms with E-state index in [1.165, 1.54) is 0 Å². The topological polar surface area (TPSA) is 52.7 Å². The van der Waals surface area contributed by atoms with Gasteiger partial charge in [0, 0.05) is 25.2 Å². The predicted octanol–water partition coefficient (Wildman–Crippen LogP) is 1.57. The molecule has 2 amide bonds. The summed E-state index contributed by atoms with van der Waals surface area (Å²) in [5.41, 5.74) is 0.715. The number of halogens is 1. The Balaban J connectivity index is 1.73. The highest BCUT2D eigenvalue weighted by Gasteiger charge is 2.39. The van der Waals surface area contributed by atoms with Gasteiger partial charge in [0.05, 0.1) is 16.8 Å². The maximum Gasteiger partial charge on any atom is 0.249 e. The van der Waals surface area contributed by atoms with Crippen LogP contribution in [0.4, 0.5) is 5.69 Å². The van der Waals surface area contributed by atoms with Crippen molar-refractivity contribution in [3.05, 3.63) is 29.3 Å². The normalized spacial score (nSPS) is 24.8. The molecule has 0 saturated carbocycles. The first-order valence-electron chi connectivity index (χ1n) is 7.23. The molecule has 0 aliphatic carbocycles. The summed E-state index contributed by atoms with van der Waals surface area (Å²) in [6, 6.07) is 6.71. The van der Waals surface area contributed by atoms with Crippen LogP contribution in [0, 0.1) is 0 Å². The lowest BCUT2D eigenvalue weighted by Crippen LogP contribution is -2.50. The number of likely N-dealkylation sites (N-methyl/N-ethyl adjacent to an activating group) is 1. The van der Waals surface area contributed by atoms with Crippen molar-refractivity contribution in [3.63, 3.8) is 0 Å². The number of amides is 2. The minimum atomic E-state index is -0.406. The summed E-state index contributed by atoms with van der Waals surface area (Å²) in [5.74, 6) is 1.48. The Morgan fingerprint density at radius 3 is 2.91 bits per heavy atom. The van der Waals surface area contributed by atoms with E-state index in [0.717, 1.165) is 11.6 Å². The van der Waals surface area contributed by atoms with Gasteiger partial charge in [-0.2, -0.15) is 0 Å². The van der Waals surface area contributed by atoms with Crippen molar-refractivity contribution in [2.75, 3.05) is 30.1 Å². The van der Waals surface area contributed by atoms with Gasteiger partial charge < -0.3 is 9.80 Å². The summed E-state index contributed by atoms with van der Waals surface area (Å²) >= 11 is 7.88. The van der Waals surface area contributed by atoms with Gasteiger partial charge in [0.25, 0.3) is 0 Å². The molecule has 7 heteroatoms. The van der Waals surface area contributed by atoms with Crippen LogP contribution < -0.4 is 10.2 Å². The standard InChI is InChI=1S/C15H18ClN3O2S/c1-18(14(20)11-8-22-9-17-11)13-6-7-19(15(13)21)12-5-3-2-4-10(12)16/h2-5,11,13,17H,6-9H2,1H3/t11-,13-/m0/s1. The Bertz CT molecular complexity index is 592. The molecule has 0 spiro atoms. The summed E-state index contributed by atoms with van der Waals surface area (Å²) in [7, 11) is 1.71. The molecule has 0 aromatic heterocycles. The Labute approximate surface area is 139 Å². The van der Waals surface area contributed by atoms with E-state index in [9.17, 15) is 9.59 Å². The van der Waals surface area contributed by atoms with Crippen LogP contribution in [0.3, 0.4) is 0 Å². The lowest BCUT2D eigenvalue weighted by molar-refractivity contribution is -0.137. The Morgan fingerprint density at radius 2 is 2.23 bits per heavy atom. The quantitative estimate of drug-likeness (QED) is 0.908. The van der Waals surface area contributed by atoms with Crippen LogP contribution in [0.1, 0.15) is 6.42 Å². The van der Waals surface area contributed by atoms with Gasteiger partial charge in [-0.05, 0) is 18.6 Å². The molecule has 2 fully saturated rings. The van der Waals surface area contributed by atoms with Crippen molar-refractivity contribution in [1.29, 1.82) is 0 Å². The van der Waals surface area contributed by atoms with Crippen LogP contribution in [0.5, 0.6) is 0 Å². The molecule has 1 N–H and O–H groups in total. The molecule has 5 nitrogen and oxygen atoms in total. The van der Waals surface area contributed by atoms with Crippen LogP contribution in [0.2, 0.25) is 5.02 Å². The minimum absolute atomic E-state index is 0.00985. The van der Waals surface area contributed by atoms with E-state index in [1.807, 2.05) is 18.2 Å². The fourth-order valence-electron chi connectivity index (χ4n) is 2.89. The Kier molecular flexibility index (Phi) is 4.61. The third-order valence-electron chi connectivity index (χ3n) is 4.15. The maximum atomic E-state index is 12.7. The highest BCUT2D eigenvalue weighted by Crippen LogP contribution is 2.30. The molecular formula is C15H18ClN3O2S. The number of carbonyl (C=O) groups is 2. The number of nitrogens with zero attached hydrogens (tertiary/aromatic N) is 2. The van der Waals surface area contributed by atoms with E-state index in [0.29, 0.717) is 23.7 Å². The van der Waals surface area contributed by atoms with Crippen LogP contribution in [-0.4, -0.2) is 54.0 Å². The van der Waals surface area contributed by atoms with E-state index in [-0.39, 0.29) is 17.9 Å². The fourth-order valence-corrected chi connectivity index (χ4v) is 4.06. The Morgan fingerprint density at radius 1 is 1.45 bits per heavy atom. The van der Waals surface area contributed by atoms with E-state index in [1.54, 1.807) is 34.7 Å². The van der Waals surface area contributed by atoms with Crippen molar-refractivity contribution in [2.45, 2.75) is 18.5 Å². The second-order valence-electron chi connectivity index (χ2n) is 5.47. The monoisotopic (exact) mass is 339 g/mol. The SMILES string of the molecule is CN(C(=O)[C@@H]1CSCN1)[C@H]1CCN(c2ccccc2Cl)C1=O. The van der Waals surface area contributed by atoms with Gasteiger partial charge in [0.1, 0.15) is 6.04 Å². The molecule has 0 radical (unpaired) electrons. The zero-order valence-corrected chi connectivity index (χ0v) is 13.9. The Hall–Kier alpha value is -1.24. The van der Waals surface area contributed by atoms with Crippen LogP contribution in [0.15, 0.2) is 24.3 Å². The molecule has 2 atom stereocenters. The molecule has 1 aromatic carbocycles. The van der Waals surface area contributed by atoms with Crippen molar-refractivity contribution >= 4 is 40.9 Å². The second kappa shape index (κ2) is 6.48. The zero-order valence-electron chi connectivity index (χ0n) is 12.3. The lowest BCUT2D eigenvalue weighted by Gasteiger charge is -2.26. The maximum absolute atomic E-state index is 12.7. The van der Waals surface area contributed by atoms with Gasteiger partial charge in [-0.25, -0.2) is 0 Å². The molecule has 3 rings (SSSR count). The number of rotatable bonds is 3. The third-order valence-corrected chi connectivity index (χ3v) is 5.41. The number of thioether (sulfide) groups is 1. The molecule has 2 heterocycles. The number of hydrogen-bond donors (Lipinski definition) is 1. The first-order valence-corrected chi connectivity index (χ1v) is 8.76. The highest BCUT2D eigenvalue weighted by molar-refractivity contribution is 7.99. The first kappa shape index (κ1) is 15.6. The molecule has 1 aromatic rings. The number of nitrogens with one attached hydrogen (secondary N) is 1. The average molecular weight is 340 g/mol. The van der Waals surface area contributed by atoms with Crippen molar-refractivity contribution in [2.24, 2.45) is 0 Å². The summed E-state index contributed by atoms with van der Waals surface area (Å²) in [5, 5.41) is 3.71. The van der Waals surface area contributed by atoms with E-state index in [2.05, 4.69) is 5.32 Å². The highest BCUT2D eigenvalue weighted by atomic mass is 35.5. The molecular weight excluding hydrogens is 322 g/mol. The molecule has 2 saturated heterocycles. The third kappa shape index (κ3) is 2.83. The summed E-state index contributed by atoms with van der Waals surface area (Å²) in [6.07, 6.45) is 0.631. The van der Waals surface area contributed by atoms with Crippen LogP contribution in [-0.2, 0) is 9.59 Å². The van der Waals surface area contributed by atoms with Crippen LogP contribution >= 0.6 is 23.4 Å². The molecule has 2 aliphatic heterocycles. The van der Waals surface area contributed by atoms with Crippen molar-refractivity contribution in [1.82, 2.24) is 10.2 Å². The van der Waals surface area contributed by atoms with E-state index < -0.39 is 6.04 Å². The lowest BCUT2D eigenvalue weighted by atomic mass is 10.2.